The molecule has 1 aromatic heterocycles. The van der Waals surface area contributed by atoms with Gasteiger partial charge in [0.05, 0.1) is 17.6 Å². The molecule has 1 heterocycles. The van der Waals surface area contributed by atoms with Gasteiger partial charge in [0, 0.05) is 10.7 Å². The Kier molecular flexibility index (Phi) is 4.39. The smallest absolute Gasteiger partial charge is 0.360 e. The standard InChI is InChI=1S/C17H14ClN3O2/c1-2-23-17(22)15-16(19-12-7-5-6-11(18)10-12)21-14-9-4-3-8-13(14)20-15/h3-10H,2H2,1H3,(H,19,21). The molecule has 0 bridgehead atoms. The van der Waals surface area contributed by atoms with E-state index in [2.05, 4.69) is 15.3 Å². The number of halogens is 1. The molecular weight excluding hydrogens is 314 g/mol. The first-order chi connectivity index (χ1) is 11.2. The topological polar surface area (TPSA) is 64.1 Å². The number of para-hydroxylation sites is 2. The van der Waals surface area contributed by atoms with Crippen molar-refractivity contribution in [1.29, 1.82) is 0 Å². The molecule has 0 atom stereocenters. The van der Waals surface area contributed by atoms with Gasteiger partial charge in [0.1, 0.15) is 0 Å². The van der Waals surface area contributed by atoms with Gasteiger partial charge in [-0.05, 0) is 37.3 Å². The average Bonchev–Trinajstić information content (AvgIpc) is 2.54. The first-order valence-corrected chi connectivity index (χ1v) is 7.51. The Balaban J connectivity index is 2.08. The van der Waals surface area contributed by atoms with Crippen molar-refractivity contribution < 1.29 is 9.53 Å². The summed E-state index contributed by atoms with van der Waals surface area (Å²) in [6.45, 7) is 2.01. The Morgan fingerprint density at radius 3 is 2.57 bits per heavy atom. The zero-order chi connectivity index (χ0) is 16.2. The lowest BCUT2D eigenvalue weighted by atomic mass is 10.2. The van der Waals surface area contributed by atoms with Crippen LogP contribution in [0.2, 0.25) is 5.02 Å². The van der Waals surface area contributed by atoms with E-state index in [1.54, 1.807) is 25.1 Å². The summed E-state index contributed by atoms with van der Waals surface area (Å²) in [7, 11) is 0. The number of hydrogen-bond donors (Lipinski definition) is 1. The molecule has 0 saturated heterocycles. The van der Waals surface area contributed by atoms with E-state index >= 15 is 0 Å². The minimum absolute atomic E-state index is 0.144. The van der Waals surface area contributed by atoms with Gasteiger partial charge >= 0.3 is 5.97 Å². The summed E-state index contributed by atoms with van der Waals surface area (Å²) in [5.41, 5.74) is 2.18. The fraction of sp³-hybridized carbons (Fsp3) is 0.118. The number of hydrogen-bond acceptors (Lipinski definition) is 5. The van der Waals surface area contributed by atoms with Gasteiger partial charge in [-0.25, -0.2) is 14.8 Å². The van der Waals surface area contributed by atoms with Gasteiger partial charge in [-0.1, -0.05) is 29.8 Å². The van der Waals surface area contributed by atoms with E-state index in [9.17, 15) is 4.79 Å². The average molecular weight is 328 g/mol. The molecule has 5 nitrogen and oxygen atoms in total. The van der Waals surface area contributed by atoms with Gasteiger partial charge in [-0.2, -0.15) is 0 Å². The molecule has 0 radical (unpaired) electrons. The second-order valence-corrected chi connectivity index (χ2v) is 5.20. The normalized spacial score (nSPS) is 10.5. The summed E-state index contributed by atoms with van der Waals surface area (Å²) in [6, 6.07) is 14.5. The number of esters is 1. The van der Waals surface area contributed by atoms with Crippen LogP contribution in [-0.4, -0.2) is 22.5 Å². The van der Waals surface area contributed by atoms with Crippen LogP contribution in [0.4, 0.5) is 11.5 Å². The van der Waals surface area contributed by atoms with Gasteiger partial charge in [0.15, 0.2) is 11.5 Å². The van der Waals surface area contributed by atoms with E-state index in [1.807, 2.05) is 30.3 Å². The third-order valence-corrected chi connectivity index (χ3v) is 3.36. The van der Waals surface area contributed by atoms with Crippen LogP contribution in [0.5, 0.6) is 0 Å². The zero-order valence-corrected chi connectivity index (χ0v) is 13.2. The largest absolute Gasteiger partial charge is 0.461 e. The fourth-order valence-corrected chi connectivity index (χ4v) is 2.32. The van der Waals surface area contributed by atoms with Crippen molar-refractivity contribution in [2.24, 2.45) is 0 Å². The van der Waals surface area contributed by atoms with Crippen LogP contribution in [0.1, 0.15) is 17.4 Å². The molecule has 6 heteroatoms. The lowest BCUT2D eigenvalue weighted by Gasteiger charge is -2.11. The Hall–Kier alpha value is -2.66. The van der Waals surface area contributed by atoms with Crippen molar-refractivity contribution in [2.75, 3.05) is 11.9 Å². The summed E-state index contributed by atoms with van der Waals surface area (Å²) in [5, 5.41) is 3.67. The van der Waals surface area contributed by atoms with Crippen molar-refractivity contribution in [3.05, 3.63) is 59.2 Å². The third kappa shape index (κ3) is 3.40. The van der Waals surface area contributed by atoms with Crippen LogP contribution in [0, 0.1) is 0 Å². The van der Waals surface area contributed by atoms with Crippen molar-refractivity contribution >= 4 is 40.1 Å². The molecule has 23 heavy (non-hydrogen) atoms. The molecule has 0 aliphatic carbocycles. The molecule has 0 aliphatic rings. The maximum atomic E-state index is 12.2. The molecule has 0 saturated carbocycles. The minimum Gasteiger partial charge on any atom is -0.461 e. The SMILES string of the molecule is CCOC(=O)c1nc2ccccc2nc1Nc1cccc(Cl)c1. The van der Waals surface area contributed by atoms with Crippen LogP contribution >= 0.6 is 11.6 Å². The quantitative estimate of drug-likeness (QED) is 0.727. The van der Waals surface area contributed by atoms with Crippen molar-refractivity contribution in [3.8, 4) is 0 Å². The molecule has 116 valence electrons. The zero-order valence-electron chi connectivity index (χ0n) is 12.4. The summed E-state index contributed by atoms with van der Waals surface area (Å²) in [4.78, 5) is 21.0. The lowest BCUT2D eigenvalue weighted by Crippen LogP contribution is -2.12. The second-order valence-electron chi connectivity index (χ2n) is 4.77. The number of fused-ring (bicyclic) bond motifs is 1. The Labute approximate surface area is 138 Å². The molecule has 0 fully saturated rings. The van der Waals surface area contributed by atoms with E-state index in [0.717, 1.165) is 0 Å². The van der Waals surface area contributed by atoms with Gasteiger partial charge in [0.2, 0.25) is 0 Å². The monoisotopic (exact) mass is 327 g/mol. The van der Waals surface area contributed by atoms with Gasteiger partial charge in [-0.15, -0.1) is 0 Å². The molecule has 3 rings (SSSR count). The number of anilines is 2. The minimum atomic E-state index is -0.518. The number of aromatic nitrogens is 2. The summed E-state index contributed by atoms with van der Waals surface area (Å²) < 4.78 is 5.07. The van der Waals surface area contributed by atoms with Gasteiger partial charge in [-0.3, -0.25) is 0 Å². The summed E-state index contributed by atoms with van der Waals surface area (Å²) in [6.07, 6.45) is 0. The molecule has 3 aromatic rings. The van der Waals surface area contributed by atoms with E-state index in [0.29, 0.717) is 27.6 Å². The number of rotatable bonds is 4. The van der Waals surface area contributed by atoms with Crippen LogP contribution in [0.3, 0.4) is 0 Å². The van der Waals surface area contributed by atoms with E-state index in [-0.39, 0.29) is 12.3 Å². The molecule has 0 amide bonds. The van der Waals surface area contributed by atoms with Gasteiger partial charge < -0.3 is 10.1 Å². The van der Waals surface area contributed by atoms with E-state index < -0.39 is 5.97 Å². The predicted molar refractivity (Wildman–Crippen MR) is 90.2 cm³/mol. The van der Waals surface area contributed by atoms with Crippen molar-refractivity contribution in [1.82, 2.24) is 9.97 Å². The molecule has 2 aromatic carbocycles. The van der Waals surface area contributed by atoms with Crippen LogP contribution in [-0.2, 0) is 4.74 Å². The molecule has 1 N–H and O–H groups in total. The fourth-order valence-electron chi connectivity index (χ4n) is 2.13. The van der Waals surface area contributed by atoms with Gasteiger partial charge in [0.25, 0.3) is 0 Å². The van der Waals surface area contributed by atoms with Crippen LogP contribution in [0.25, 0.3) is 11.0 Å². The Morgan fingerprint density at radius 2 is 1.87 bits per heavy atom. The molecule has 0 aliphatic heterocycles. The third-order valence-electron chi connectivity index (χ3n) is 3.13. The lowest BCUT2D eigenvalue weighted by molar-refractivity contribution is 0.0521. The molecule has 0 unspecified atom stereocenters. The Morgan fingerprint density at radius 1 is 1.13 bits per heavy atom. The first kappa shape index (κ1) is 15.2. The number of benzene rings is 2. The number of nitrogens with zero attached hydrogens (tertiary/aromatic N) is 2. The summed E-state index contributed by atoms with van der Waals surface area (Å²) >= 11 is 5.99. The maximum Gasteiger partial charge on any atom is 0.360 e. The van der Waals surface area contributed by atoms with E-state index in [1.165, 1.54) is 0 Å². The number of carbonyl (C=O) groups excluding carboxylic acids is 1. The number of ether oxygens (including phenoxy) is 1. The highest BCUT2D eigenvalue weighted by atomic mass is 35.5. The predicted octanol–water partition coefficient (Wildman–Crippen LogP) is 4.20. The van der Waals surface area contributed by atoms with Crippen molar-refractivity contribution in [2.45, 2.75) is 6.92 Å². The van der Waals surface area contributed by atoms with Crippen LogP contribution in [0.15, 0.2) is 48.5 Å². The highest BCUT2D eigenvalue weighted by Crippen LogP contribution is 2.23. The maximum absolute atomic E-state index is 12.2. The van der Waals surface area contributed by atoms with Crippen LogP contribution < -0.4 is 5.32 Å². The highest BCUT2D eigenvalue weighted by molar-refractivity contribution is 6.30. The van der Waals surface area contributed by atoms with E-state index in [4.69, 9.17) is 16.3 Å². The number of nitrogens with one attached hydrogen (secondary N) is 1. The molecule has 0 spiro atoms. The second kappa shape index (κ2) is 6.62. The Bertz CT molecular complexity index is 867. The molecular formula is C17H14ClN3O2. The number of carbonyl (C=O) groups is 1. The highest BCUT2D eigenvalue weighted by Gasteiger charge is 2.18. The first-order valence-electron chi connectivity index (χ1n) is 7.14. The summed E-state index contributed by atoms with van der Waals surface area (Å²) in [5.74, 6) is -0.181. The van der Waals surface area contributed by atoms with Crippen molar-refractivity contribution in [3.63, 3.8) is 0 Å².